The summed E-state index contributed by atoms with van der Waals surface area (Å²) >= 11 is 0. The van der Waals surface area contributed by atoms with Crippen LogP contribution < -0.4 is 5.32 Å². The average Bonchev–Trinajstić information content (AvgIpc) is 3.07. The Balaban J connectivity index is 1.71. The molecule has 2 aliphatic rings. The van der Waals surface area contributed by atoms with Crippen LogP contribution in [0.3, 0.4) is 0 Å². The summed E-state index contributed by atoms with van der Waals surface area (Å²) < 4.78 is 0. The third-order valence-electron chi connectivity index (χ3n) is 4.27. The van der Waals surface area contributed by atoms with Crippen LogP contribution in [0, 0.1) is 23.7 Å². The maximum atomic E-state index is 11.7. The summed E-state index contributed by atoms with van der Waals surface area (Å²) in [6.07, 6.45) is 5.51. The predicted octanol–water partition coefficient (Wildman–Crippen LogP) is 1.65. The van der Waals surface area contributed by atoms with Gasteiger partial charge in [0.1, 0.15) is 0 Å². The first-order chi connectivity index (χ1) is 8.09. The molecule has 0 bridgehead atoms. The molecule has 2 N–H and O–H groups in total. The smallest absolute Gasteiger partial charge is 0.307 e. The average molecular weight is 239 g/mol. The summed E-state index contributed by atoms with van der Waals surface area (Å²) in [7, 11) is 0. The van der Waals surface area contributed by atoms with Crippen LogP contribution in [-0.2, 0) is 9.59 Å². The van der Waals surface area contributed by atoms with Crippen LogP contribution in [-0.4, -0.2) is 23.5 Å². The van der Waals surface area contributed by atoms with Gasteiger partial charge < -0.3 is 10.4 Å². The second-order valence-corrected chi connectivity index (χ2v) is 5.55. The van der Waals surface area contributed by atoms with Crippen molar-refractivity contribution in [3.63, 3.8) is 0 Å². The van der Waals surface area contributed by atoms with Crippen molar-refractivity contribution in [2.45, 2.75) is 39.0 Å². The van der Waals surface area contributed by atoms with E-state index in [-0.39, 0.29) is 11.8 Å². The van der Waals surface area contributed by atoms with Crippen molar-refractivity contribution in [2.75, 3.05) is 6.54 Å². The number of rotatable bonds is 4. The van der Waals surface area contributed by atoms with Crippen molar-refractivity contribution >= 4 is 11.9 Å². The van der Waals surface area contributed by atoms with E-state index in [4.69, 9.17) is 5.11 Å². The Bertz CT molecular complexity index is 316. The number of hydrogen-bond acceptors (Lipinski definition) is 2. The number of hydrogen-bond donors (Lipinski definition) is 2. The minimum Gasteiger partial charge on any atom is -0.481 e. The summed E-state index contributed by atoms with van der Waals surface area (Å²) in [4.78, 5) is 22.3. The molecule has 17 heavy (non-hydrogen) atoms. The number of nitrogens with one attached hydrogen (secondary N) is 1. The molecule has 4 atom stereocenters. The molecule has 0 spiro atoms. The van der Waals surface area contributed by atoms with Gasteiger partial charge in [-0.15, -0.1) is 0 Å². The van der Waals surface area contributed by atoms with E-state index in [1.807, 2.05) is 0 Å². The molecule has 96 valence electrons. The van der Waals surface area contributed by atoms with E-state index in [1.54, 1.807) is 0 Å². The molecule has 0 aromatic rings. The highest BCUT2D eigenvalue weighted by Crippen LogP contribution is 2.38. The van der Waals surface area contributed by atoms with E-state index >= 15 is 0 Å². The Hall–Kier alpha value is -1.06. The molecule has 2 aliphatic carbocycles. The second-order valence-electron chi connectivity index (χ2n) is 5.55. The molecule has 4 unspecified atom stereocenters. The standard InChI is InChI=1S/C13H21NO3/c1-8-4-2-3-5-9(8)7-14-12(15)10-6-11(10)13(16)17/h8-11H,2-7H2,1H3,(H,14,15)(H,16,17). The lowest BCUT2D eigenvalue weighted by atomic mass is 9.80. The number of carboxylic acid groups (broad SMARTS) is 1. The zero-order valence-corrected chi connectivity index (χ0v) is 10.3. The first-order valence-electron chi connectivity index (χ1n) is 6.60. The molecule has 0 aromatic heterocycles. The highest BCUT2D eigenvalue weighted by atomic mass is 16.4. The molecule has 0 heterocycles. The fourth-order valence-corrected chi connectivity index (χ4v) is 2.82. The van der Waals surface area contributed by atoms with Crippen LogP contribution in [0.4, 0.5) is 0 Å². The van der Waals surface area contributed by atoms with E-state index < -0.39 is 11.9 Å². The molecule has 0 aromatic carbocycles. The normalized spacial score (nSPS) is 36.3. The monoisotopic (exact) mass is 239 g/mol. The van der Waals surface area contributed by atoms with Gasteiger partial charge in [0.05, 0.1) is 11.8 Å². The quantitative estimate of drug-likeness (QED) is 0.784. The van der Waals surface area contributed by atoms with Gasteiger partial charge in [-0.25, -0.2) is 0 Å². The van der Waals surface area contributed by atoms with Gasteiger partial charge in [0.25, 0.3) is 0 Å². The minimum atomic E-state index is -0.837. The number of aliphatic carboxylic acids is 1. The molecule has 2 rings (SSSR count). The maximum Gasteiger partial charge on any atom is 0.307 e. The third kappa shape index (κ3) is 2.99. The molecule has 4 nitrogen and oxygen atoms in total. The van der Waals surface area contributed by atoms with Crippen molar-refractivity contribution in [1.29, 1.82) is 0 Å². The fourth-order valence-electron chi connectivity index (χ4n) is 2.82. The Labute approximate surface area is 102 Å². The van der Waals surface area contributed by atoms with Gasteiger partial charge in [-0.1, -0.05) is 26.2 Å². The summed E-state index contributed by atoms with van der Waals surface area (Å²) in [6.45, 7) is 2.97. The van der Waals surface area contributed by atoms with Gasteiger partial charge in [0.2, 0.25) is 5.91 Å². The molecule has 4 heteroatoms. The number of carboxylic acids is 1. The van der Waals surface area contributed by atoms with Crippen LogP contribution in [0.5, 0.6) is 0 Å². The highest BCUT2D eigenvalue weighted by molar-refractivity contribution is 5.89. The predicted molar refractivity (Wildman–Crippen MR) is 63.4 cm³/mol. The van der Waals surface area contributed by atoms with Crippen molar-refractivity contribution < 1.29 is 14.7 Å². The number of carbonyl (C=O) groups is 2. The van der Waals surface area contributed by atoms with E-state index in [0.717, 1.165) is 6.54 Å². The van der Waals surface area contributed by atoms with Gasteiger partial charge in [0.15, 0.2) is 0 Å². The van der Waals surface area contributed by atoms with E-state index in [9.17, 15) is 9.59 Å². The molecule has 1 amide bonds. The Morgan fingerprint density at radius 1 is 1.24 bits per heavy atom. The lowest BCUT2D eigenvalue weighted by Crippen LogP contribution is -2.34. The van der Waals surface area contributed by atoms with Crippen LogP contribution in [0.15, 0.2) is 0 Å². The second kappa shape index (κ2) is 5.07. The topological polar surface area (TPSA) is 66.4 Å². The Kier molecular flexibility index (Phi) is 3.69. The zero-order valence-electron chi connectivity index (χ0n) is 10.3. The fraction of sp³-hybridized carbons (Fsp3) is 0.846. The third-order valence-corrected chi connectivity index (χ3v) is 4.27. The van der Waals surface area contributed by atoms with Gasteiger partial charge >= 0.3 is 5.97 Å². The lowest BCUT2D eigenvalue weighted by molar-refractivity contribution is -0.140. The van der Waals surface area contributed by atoms with Gasteiger partial charge in [-0.2, -0.15) is 0 Å². The van der Waals surface area contributed by atoms with E-state index in [1.165, 1.54) is 25.7 Å². The first kappa shape index (κ1) is 12.4. The SMILES string of the molecule is CC1CCCCC1CNC(=O)C1CC1C(=O)O. The van der Waals surface area contributed by atoms with Crippen molar-refractivity contribution in [1.82, 2.24) is 5.32 Å². The van der Waals surface area contributed by atoms with Crippen molar-refractivity contribution in [3.05, 3.63) is 0 Å². The lowest BCUT2D eigenvalue weighted by Gasteiger charge is -2.28. The highest BCUT2D eigenvalue weighted by Gasteiger charge is 2.48. The largest absolute Gasteiger partial charge is 0.481 e. The maximum absolute atomic E-state index is 11.7. The number of amides is 1. The van der Waals surface area contributed by atoms with Crippen molar-refractivity contribution in [2.24, 2.45) is 23.7 Å². The number of carbonyl (C=O) groups excluding carboxylic acids is 1. The van der Waals surface area contributed by atoms with Crippen LogP contribution in [0.2, 0.25) is 0 Å². The van der Waals surface area contributed by atoms with Crippen molar-refractivity contribution in [3.8, 4) is 0 Å². The Morgan fingerprint density at radius 2 is 1.94 bits per heavy atom. The van der Waals surface area contributed by atoms with Gasteiger partial charge in [-0.05, 0) is 24.7 Å². The molecule has 0 radical (unpaired) electrons. The summed E-state index contributed by atoms with van der Waals surface area (Å²) in [5.41, 5.74) is 0. The van der Waals surface area contributed by atoms with E-state index in [0.29, 0.717) is 18.3 Å². The summed E-state index contributed by atoms with van der Waals surface area (Å²) in [5.74, 6) is -0.343. The van der Waals surface area contributed by atoms with E-state index in [2.05, 4.69) is 12.2 Å². The van der Waals surface area contributed by atoms with Crippen LogP contribution >= 0.6 is 0 Å². The van der Waals surface area contributed by atoms with Crippen LogP contribution in [0.1, 0.15) is 39.0 Å². The zero-order chi connectivity index (χ0) is 12.4. The molecule has 0 aliphatic heterocycles. The first-order valence-corrected chi connectivity index (χ1v) is 6.60. The molecule has 2 fully saturated rings. The molecule has 2 saturated carbocycles. The molecular formula is C13H21NO3. The van der Waals surface area contributed by atoms with Gasteiger partial charge in [-0.3, -0.25) is 9.59 Å². The Morgan fingerprint density at radius 3 is 2.53 bits per heavy atom. The summed E-state index contributed by atoms with van der Waals surface area (Å²) in [5, 5.41) is 11.7. The minimum absolute atomic E-state index is 0.0600. The van der Waals surface area contributed by atoms with Gasteiger partial charge in [0, 0.05) is 6.54 Å². The summed E-state index contributed by atoms with van der Waals surface area (Å²) in [6, 6.07) is 0. The van der Waals surface area contributed by atoms with Crippen LogP contribution in [0.25, 0.3) is 0 Å². The molecule has 0 saturated heterocycles. The molecular weight excluding hydrogens is 218 g/mol.